The zero-order valence-electron chi connectivity index (χ0n) is 15.3. The zero-order valence-corrected chi connectivity index (χ0v) is 16.9. The number of hydrogen-bond acceptors (Lipinski definition) is 7. The maximum Gasteiger partial charge on any atom is 0.148 e. The van der Waals surface area contributed by atoms with Crippen LogP contribution in [-0.2, 0) is 0 Å². The van der Waals surface area contributed by atoms with Crippen LogP contribution in [0.25, 0.3) is 4.91 Å². The summed E-state index contributed by atoms with van der Waals surface area (Å²) in [5, 5.41) is 0.373. The Bertz CT molecular complexity index is 918. The Labute approximate surface area is 169 Å². The van der Waals surface area contributed by atoms with Crippen LogP contribution in [0.4, 0.5) is 0 Å². The number of benzene rings is 2. The molecule has 2 aromatic carbocycles. The Hall–Kier alpha value is -2.13. The van der Waals surface area contributed by atoms with Crippen LogP contribution in [0.5, 0.6) is 0 Å². The van der Waals surface area contributed by atoms with Crippen molar-refractivity contribution in [3.63, 3.8) is 0 Å². The summed E-state index contributed by atoms with van der Waals surface area (Å²) in [5.74, 6) is 1.08. The molecule has 0 fully saturated rings. The maximum absolute atomic E-state index is 8.60. The fourth-order valence-corrected chi connectivity index (χ4v) is 4.31. The summed E-state index contributed by atoms with van der Waals surface area (Å²) in [6.07, 6.45) is 2.18. The summed E-state index contributed by atoms with van der Waals surface area (Å²) in [5.41, 5.74) is 4.70. The predicted molar refractivity (Wildman–Crippen MR) is 101 cm³/mol. The summed E-state index contributed by atoms with van der Waals surface area (Å²) in [4.78, 5) is 8.59. The minimum Gasteiger partial charge on any atom is -0.317 e. The lowest BCUT2D eigenvalue weighted by Crippen LogP contribution is -2.58. The lowest BCUT2D eigenvalue weighted by molar-refractivity contribution is -1.92. The highest BCUT2D eigenvalue weighted by atomic mass is 35.7. The Morgan fingerprint density at radius 1 is 0.964 bits per heavy atom. The fourth-order valence-electron chi connectivity index (χ4n) is 3.07. The first-order valence-corrected chi connectivity index (χ1v) is 10.6. The van der Waals surface area contributed by atoms with Gasteiger partial charge in [0, 0.05) is 11.3 Å². The summed E-state index contributed by atoms with van der Waals surface area (Å²) >= 11 is 1.88. The Morgan fingerprint density at radius 2 is 1.46 bits per heavy atom. The van der Waals surface area contributed by atoms with E-state index in [2.05, 4.69) is 79.4 Å². The second-order valence-electron chi connectivity index (χ2n) is 6.15. The van der Waals surface area contributed by atoms with Crippen molar-refractivity contribution < 1.29 is 28.9 Å². The van der Waals surface area contributed by atoms with Crippen molar-refractivity contribution >= 4 is 22.4 Å². The number of aliphatic imine (C=N–C) groups is 1. The number of thioether (sulfide) groups is 1. The normalized spacial score (nSPS) is 18.8. The molecule has 0 aliphatic carbocycles. The molecule has 2 heterocycles. The lowest BCUT2D eigenvalue weighted by Gasteiger charge is -2.28. The van der Waals surface area contributed by atoms with Gasteiger partial charge in [-0.05, 0) is 25.5 Å². The highest BCUT2D eigenvalue weighted by Crippen LogP contribution is 2.47. The average molecular weight is 419 g/mol. The van der Waals surface area contributed by atoms with Gasteiger partial charge in [-0.25, -0.2) is 4.99 Å². The third-order valence-electron chi connectivity index (χ3n) is 4.14. The fraction of sp³-hybridized carbons (Fsp3) is 0.150. The first-order valence-electron chi connectivity index (χ1n) is 8.45. The predicted octanol–water partition coefficient (Wildman–Crippen LogP) is 0.990. The van der Waals surface area contributed by atoms with E-state index in [4.69, 9.17) is 23.6 Å². The van der Waals surface area contributed by atoms with Crippen molar-refractivity contribution in [2.45, 2.75) is 19.2 Å². The molecule has 1 unspecified atom stereocenters. The topological polar surface area (TPSA) is 105 Å². The van der Waals surface area contributed by atoms with Gasteiger partial charge in [0.15, 0.2) is 0 Å². The standard InChI is InChI=1S/C20H18N2S.ClHO4/c1-14-13-18(16-9-5-3-6-10-16)21-20-19(23-15(2)22(14)20)17-11-7-4-8-12-17;2-1(3,4)5/h3-13,15H,1-2H3;(H,2,3,4,5). The van der Waals surface area contributed by atoms with Crippen molar-refractivity contribution in [1.82, 2.24) is 4.90 Å². The van der Waals surface area contributed by atoms with Crippen LogP contribution in [0.2, 0.25) is 0 Å². The second kappa shape index (κ2) is 8.48. The van der Waals surface area contributed by atoms with Crippen LogP contribution in [0.1, 0.15) is 25.0 Å². The summed E-state index contributed by atoms with van der Waals surface area (Å²) in [6, 6.07) is 21.0. The quantitative estimate of drug-likeness (QED) is 0.779. The Balaban J connectivity index is 0.000000403. The van der Waals surface area contributed by atoms with Gasteiger partial charge < -0.3 is 4.90 Å². The van der Waals surface area contributed by atoms with E-state index in [1.54, 1.807) is 0 Å². The van der Waals surface area contributed by atoms with E-state index in [9.17, 15) is 0 Å². The molecule has 1 atom stereocenters. The van der Waals surface area contributed by atoms with Gasteiger partial charge in [0.2, 0.25) is 0 Å². The van der Waals surface area contributed by atoms with E-state index in [-0.39, 0.29) is 0 Å². The molecular formula is C20H19ClN2O4S. The Morgan fingerprint density at radius 3 is 2.00 bits per heavy atom. The number of nitrogens with zero attached hydrogens (tertiary/aromatic N) is 2. The molecule has 0 amide bonds. The van der Waals surface area contributed by atoms with E-state index in [0.717, 1.165) is 17.1 Å². The molecule has 0 bridgehead atoms. The van der Waals surface area contributed by atoms with Gasteiger partial charge >= 0.3 is 0 Å². The molecule has 0 aromatic heterocycles. The van der Waals surface area contributed by atoms with Crippen LogP contribution in [0.15, 0.2) is 83.3 Å². The van der Waals surface area contributed by atoms with E-state index < -0.39 is 10.2 Å². The Kier molecular flexibility index (Phi) is 6.24. The molecule has 28 heavy (non-hydrogen) atoms. The molecule has 2 aliphatic heterocycles. The molecule has 1 N–H and O–H groups in total. The largest absolute Gasteiger partial charge is 0.317 e. The van der Waals surface area contributed by atoms with Gasteiger partial charge in [-0.15, -0.1) is 0 Å². The van der Waals surface area contributed by atoms with E-state index >= 15 is 0 Å². The van der Waals surface area contributed by atoms with Crippen molar-refractivity contribution in [3.05, 3.63) is 89.4 Å². The smallest absolute Gasteiger partial charge is 0.148 e. The summed E-state index contributed by atoms with van der Waals surface area (Å²) in [7, 11) is -4.69. The zero-order chi connectivity index (χ0) is 20.3. The number of halogens is 1. The minimum absolute atomic E-state index is 0.373. The molecule has 4 rings (SSSR count). The molecule has 2 aliphatic rings. The summed E-state index contributed by atoms with van der Waals surface area (Å²) < 4.78 is 32.7. The monoisotopic (exact) mass is 418 g/mol. The van der Waals surface area contributed by atoms with Crippen molar-refractivity contribution in [1.29, 1.82) is 0 Å². The van der Waals surface area contributed by atoms with Crippen LogP contribution < -0.4 is 14.0 Å². The van der Waals surface area contributed by atoms with Crippen LogP contribution in [-0.4, -0.2) is 20.6 Å². The minimum atomic E-state index is -4.69. The van der Waals surface area contributed by atoms with Gasteiger partial charge in [-0.1, -0.05) is 72.4 Å². The van der Waals surface area contributed by atoms with Crippen molar-refractivity contribution in [2.24, 2.45) is 4.99 Å². The van der Waals surface area contributed by atoms with Gasteiger partial charge in [-0.2, -0.15) is 14.0 Å². The van der Waals surface area contributed by atoms with Gasteiger partial charge in [0.1, 0.15) is 5.82 Å². The van der Waals surface area contributed by atoms with Crippen molar-refractivity contribution in [2.75, 3.05) is 0 Å². The summed E-state index contributed by atoms with van der Waals surface area (Å²) in [6.45, 7) is 4.41. The molecule has 8 heteroatoms. The molecular weight excluding hydrogens is 400 g/mol. The van der Waals surface area contributed by atoms with E-state index in [1.165, 1.54) is 16.2 Å². The van der Waals surface area contributed by atoms with Crippen LogP contribution in [0.3, 0.4) is 0 Å². The number of allylic oxidation sites excluding steroid dienone is 2. The van der Waals surface area contributed by atoms with Gasteiger partial charge in [0.05, 0.1) is 30.9 Å². The van der Waals surface area contributed by atoms with Crippen molar-refractivity contribution in [3.8, 4) is 0 Å². The molecule has 0 spiro atoms. The first kappa shape index (κ1) is 20.6. The highest BCUT2D eigenvalue weighted by Gasteiger charge is 2.33. The lowest BCUT2D eigenvalue weighted by atomic mass is 10.1. The number of hydrogen-bond donors (Lipinski definition) is 1. The van der Waals surface area contributed by atoms with Gasteiger partial charge in [0.25, 0.3) is 0 Å². The first-order chi connectivity index (χ1) is 13.2. The maximum atomic E-state index is 8.60. The van der Waals surface area contributed by atoms with Gasteiger partial charge in [-0.3, -0.25) is 0 Å². The molecule has 146 valence electrons. The highest BCUT2D eigenvalue weighted by molar-refractivity contribution is 8.09. The average Bonchev–Trinajstić information content (AvgIpc) is 2.99. The number of rotatable bonds is 2. The molecule has 0 saturated carbocycles. The SMILES string of the molecule is CC1=CC(c2ccccc2)=NC2=C(c3ccccc3)SC(C)N12.[O-][Cl+3]([O-])([O-])O. The van der Waals surface area contributed by atoms with E-state index in [1.807, 2.05) is 17.8 Å². The van der Waals surface area contributed by atoms with E-state index in [0.29, 0.717) is 5.37 Å². The van der Waals surface area contributed by atoms with Crippen LogP contribution >= 0.6 is 11.8 Å². The third-order valence-corrected chi connectivity index (χ3v) is 5.35. The third kappa shape index (κ3) is 5.02. The molecule has 0 saturated heterocycles. The second-order valence-corrected chi connectivity index (χ2v) is 8.27. The molecule has 2 aromatic rings. The number of fused-ring (bicyclic) bond motifs is 1. The molecule has 0 radical (unpaired) electrons. The molecule has 6 nitrogen and oxygen atoms in total. The van der Waals surface area contributed by atoms with Crippen LogP contribution in [0, 0.1) is 10.2 Å².